The zero-order valence-corrected chi connectivity index (χ0v) is 29.8. The van der Waals surface area contributed by atoms with E-state index < -0.39 is 0 Å². The van der Waals surface area contributed by atoms with E-state index in [1.807, 2.05) is 12.1 Å². The maximum Gasteiger partial charge on any atom is 0.137 e. The molecular formula is C52H32N2O. The van der Waals surface area contributed by atoms with Gasteiger partial charge in [0, 0.05) is 49.8 Å². The summed E-state index contributed by atoms with van der Waals surface area (Å²) in [5.74, 6) is 0. The number of fused-ring (bicyclic) bond motifs is 10. The highest BCUT2D eigenvalue weighted by atomic mass is 16.3. The van der Waals surface area contributed by atoms with Gasteiger partial charge >= 0.3 is 0 Å². The van der Waals surface area contributed by atoms with Crippen molar-refractivity contribution in [2.45, 2.75) is 0 Å². The summed E-state index contributed by atoms with van der Waals surface area (Å²) in [6, 6.07) is 70.4. The molecule has 0 aliphatic heterocycles. The molecular weight excluding hydrogens is 669 g/mol. The number of nitrogens with zero attached hydrogens (tertiary/aromatic N) is 2. The first-order chi connectivity index (χ1) is 27.3. The van der Waals surface area contributed by atoms with Crippen molar-refractivity contribution in [2.75, 3.05) is 0 Å². The first-order valence-electron chi connectivity index (χ1n) is 18.8. The Bertz CT molecular complexity index is 3480. The summed E-state index contributed by atoms with van der Waals surface area (Å²) < 4.78 is 11.2. The molecule has 0 fully saturated rings. The first kappa shape index (κ1) is 30.1. The van der Waals surface area contributed by atoms with E-state index in [1.165, 1.54) is 71.1 Å². The number of rotatable bonds is 4. The topological polar surface area (TPSA) is 23.0 Å². The van der Waals surface area contributed by atoms with Crippen molar-refractivity contribution in [3.63, 3.8) is 0 Å². The number of aromatic nitrogens is 2. The number of furan rings is 1. The molecule has 0 aliphatic rings. The fourth-order valence-corrected chi connectivity index (χ4v) is 9.09. The highest BCUT2D eigenvalue weighted by Crippen LogP contribution is 2.42. The summed E-state index contributed by atoms with van der Waals surface area (Å²) in [5, 5.41) is 9.70. The third-order valence-corrected chi connectivity index (χ3v) is 11.5. The molecule has 3 nitrogen and oxygen atoms in total. The molecule has 12 rings (SSSR count). The Morgan fingerprint density at radius 1 is 0.309 bits per heavy atom. The Hall–Kier alpha value is -7.36. The summed E-state index contributed by atoms with van der Waals surface area (Å²) in [6.45, 7) is 0. The van der Waals surface area contributed by atoms with Gasteiger partial charge in [-0.05, 0) is 87.6 Å². The van der Waals surface area contributed by atoms with Crippen molar-refractivity contribution in [2.24, 2.45) is 0 Å². The van der Waals surface area contributed by atoms with Gasteiger partial charge in [-0.3, -0.25) is 0 Å². The third kappa shape index (κ3) is 4.44. The van der Waals surface area contributed by atoms with E-state index >= 15 is 0 Å². The molecule has 0 spiro atoms. The molecule has 0 radical (unpaired) electrons. The van der Waals surface area contributed by atoms with E-state index in [0.29, 0.717) is 0 Å². The van der Waals surface area contributed by atoms with Crippen LogP contribution in [-0.2, 0) is 0 Å². The molecule has 0 aliphatic carbocycles. The van der Waals surface area contributed by atoms with E-state index in [9.17, 15) is 0 Å². The van der Waals surface area contributed by atoms with Crippen molar-refractivity contribution in [1.29, 1.82) is 0 Å². The quantitative estimate of drug-likeness (QED) is 0.179. The van der Waals surface area contributed by atoms with Crippen molar-refractivity contribution in [3.8, 4) is 33.6 Å². The van der Waals surface area contributed by atoms with E-state index in [0.717, 1.165) is 38.8 Å². The van der Waals surface area contributed by atoms with Gasteiger partial charge < -0.3 is 13.6 Å². The lowest BCUT2D eigenvalue weighted by Crippen LogP contribution is -1.94. The summed E-state index contributed by atoms with van der Waals surface area (Å²) in [6.07, 6.45) is 0. The van der Waals surface area contributed by atoms with Crippen molar-refractivity contribution < 1.29 is 4.42 Å². The molecule has 0 saturated carbocycles. The van der Waals surface area contributed by atoms with Crippen LogP contribution in [0.4, 0.5) is 0 Å². The minimum absolute atomic E-state index is 0.891. The van der Waals surface area contributed by atoms with Gasteiger partial charge in [-0.25, -0.2) is 0 Å². The van der Waals surface area contributed by atoms with Crippen molar-refractivity contribution in [3.05, 3.63) is 194 Å². The molecule has 0 saturated heterocycles. The Balaban J connectivity index is 1.08. The minimum atomic E-state index is 0.891. The third-order valence-electron chi connectivity index (χ3n) is 11.5. The Morgan fingerprint density at radius 2 is 0.818 bits per heavy atom. The Morgan fingerprint density at radius 3 is 1.47 bits per heavy atom. The van der Waals surface area contributed by atoms with Crippen molar-refractivity contribution >= 4 is 76.3 Å². The average Bonchev–Trinajstić information content (AvgIpc) is 3.90. The molecule has 55 heavy (non-hydrogen) atoms. The predicted molar refractivity (Wildman–Crippen MR) is 231 cm³/mol. The van der Waals surface area contributed by atoms with Crippen LogP contribution >= 0.6 is 0 Å². The van der Waals surface area contributed by atoms with Gasteiger partial charge in [-0.2, -0.15) is 0 Å². The van der Waals surface area contributed by atoms with Gasteiger partial charge in [0.1, 0.15) is 11.2 Å². The molecule has 3 aromatic heterocycles. The van der Waals surface area contributed by atoms with E-state index in [-0.39, 0.29) is 0 Å². The average molecular weight is 701 g/mol. The van der Waals surface area contributed by atoms with Crippen LogP contribution in [0.15, 0.2) is 199 Å². The minimum Gasteiger partial charge on any atom is -0.456 e. The summed E-state index contributed by atoms with van der Waals surface area (Å²) in [5.41, 5.74) is 13.6. The summed E-state index contributed by atoms with van der Waals surface area (Å²) in [7, 11) is 0. The summed E-state index contributed by atoms with van der Waals surface area (Å²) >= 11 is 0. The molecule has 3 heteroatoms. The van der Waals surface area contributed by atoms with Gasteiger partial charge in [-0.15, -0.1) is 0 Å². The second-order valence-electron chi connectivity index (χ2n) is 14.5. The molecule has 9 aromatic carbocycles. The van der Waals surface area contributed by atoms with E-state index in [2.05, 4.69) is 191 Å². The molecule has 0 N–H and O–H groups in total. The number of hydrogen-bond donors (Lipinski definition) is 0. The van der Waals surface area contributed by atoms with Gasteiger partial charge in [0.2, 0.25) is 0 Å². The van der Waals surface area contributed by atoms with Crippen LogP contribution in [0.3, 0.4) is 0 Å². The molecule has 0 amide bonds. The molecule has 12 aromatic rings. The van der Waals surface area contributed by atoms with Crippen LogP contribution in [0.5, 0.6) is 0 Å². The van der Waals surface area contributed by atoms with Crippen LogP contribution in [0.1, 0.15) is 0 Å². The zero-order chi connectivity index (χ0) is 36.0. The zero-order valence-electron chi connectivity index (χ0n) is 29.8. The van der Waals surface area contributed by atoms with Crippen LogP contribution in [0, 0.1) is 0 Å². The molecule has 3 heterocycles. The summed E-state index contributed by atoms with van der Waals surface area (Å²) in [4.78, 5) is 0. The lowest BCUT2D eigenvalue weighted by molar-refractivity contribution is 0.668. The van der Waals surface area contributed by atoms with Gasteiger partial charge in [0.05, 0.1) is 22.1 Å². The van der Waals surface area contributed by atoms with E-state index in [4.69, 9.17) is 4.42 Å². The largest absolute Gasteiger partial charge is 0.456 e. The predicted octanol–water partition coefficient (Wildman–Crippen LogP) is 14.3. The molecule has 256 valence electrons. The maximum absolute atomic E-state index is 6.37. The highest BCUT2D eigenvalue weighted by Gasteiger charge is 2.18. The smallest absolute Gasteiger partial charge is 0.137 e. The van der Waals surface area contributed by atoms with Crippen LogP contribution < -0.4 is 0 Å². The molecule has 0 atom stereocenters. The van der Waals surface area contributed by atoms with Gasteiger partial charge in [0.15, 0.2) is 0 Å². The fourth-order valence-electron chi connectivity index (χ4n) is 9.09. The van der Waals surface area contributed by atoms with Gasteiger partial charge in [0.25, 0.3) is 0 Å². The lowest BCUT2D eigenvalue weighted by atomic mass is 9.91. The highest BCUT2D eigenvalue weighted by molar-refractivity contribution is 6.14. The number of hydrogen-bond acceptors (Lipinski definition) is 1. The second-order valence-corrected chi connectivity index (χ2v) is 14.5. The normalized spacial score (nSPS) is 12.0. The maximum atomic E-state index is 6.37. The van der Waals surface area contributed by atoms with Crippen molar-refractivity contribution in [1.82, 2.24) is 9.13 Å². The van der Waals surface area contributed by atoms with E-state index in [1.54, 1.807) is 0 Å². The Kier molecular flexibility index (Phi) is 6.34. The monoisotopic (exact) mass is 700 g/mol. The van der Waals surface area contributed by atoms with Crippen LogP contribution in [0.2, 0.25) is 0 Å². The SMILES string of the molecule is c1ccc(-n2c3ccccc3c3ccc(-c4cccc5cccc(-c6ccc7c8ccccc8n(-c8ccc9c(c8)oc8ccccc89)c7c6)c45)cc32)cc1. The fraction of sp³-hybridized carbons (Fsp3) is 0. The lowest BCUT2D eigenvalue weighted by Gasteiger charge is -2.14. The second kappa shape index (κ2) is 11.6. The van der Waals surface area contributed by atoms with Crippen LogP contribution in [-0.4, -0.2) is 9.13 Å². The Labute approximate surface area is 316 Å². The molecule has 0 unspecified atom stereocenters. The standard InChI is InChI=1S/C52H32N2O/c1-2-14-36(15-3-1)53-46-21-7-4-16-40(46)42-27-24-34(30-48(42)53)38-19-10-12-33-13-11-20-39(52(33)38)35-25-28-43-41-17-5-8-22-47(41)54(49(43)31-35)37-26-29-45-44-18-6-9-23-50(44)55-51(45)32-37/h1-32H. The number of para-hydroxylation sites is 4. The van der Waals surface area contributed by atoms with Gasteiger partial charge in [-0.1, -0.05) is 133 Å². The number of benzene rings is 9. The van der Waals surface area contributed by atoms with Crippen LogP contribution in [0.25, 0.3) is 110 Å². The molecule has 0 bridgehead atoms. The first-order valence-corrected chi connectivity index (χ1v) is 18.8.